The first-order chi connectivity index (χ1) is 22.4. The monoisotopic (exact) mass is 620 g/mol. The Bertz CT molecular complexity index is 1470. The van der Waals surface area contributed by atoms with Crippen LogP contribution in [-0.2, 0) is 33.8 Å². The number of nitriles is 1. The van der Waals surface area contributed by atoms with E-state index in [-0.39, 0.29) is 23.6 Å². The summed E-state index contributed by atoms with van der Waals surface area (Å²) in [4.78, 5) is 41.1. The average Bonchev–Trinajstić information content (AvgIpc) is 3.92. The molecule has 3 aromatic carbocycles. The summed E-state index contributed by atoms with van der Waals surface area (Å²) in [5.41, 5.74) is 3.69. The van der Waals surface area contributed by atoms with Crippen LogP contribution in [-0.4, -0.2) is 48.3 Å². The number of nitrogens with one attached hydrogen (secondary N) is 2. The molecule has 2 aliphatic rings. The number of ether oxygens (including phenoxy) is 1. The van der Waals surface area contributed by atoms with E-state index in [9.17, 15) is 14.4 Å². The highest BCUT2D eigenvalue weighted by atomic mass is 16.5. The lowest BCUT2D eigenvalue weighted by Crippen LogP contribution is -2.49. The molecule has 0 unspecified atom stereocenters. The topological polar surface area (TPSA) is 112 Å². The second-order valence-electron chi connectivity index (χ2n) is 12.6. The number of carbonyl (C=O) groups is 3. The van der Waals surface area contributed by atoms with Gasteiger partial charge in [0.1, 0.15) is 18.4 Å². The Morgan fingerprint density at radius 2 is 1.54 bits per heavy atom. The minimum absolute atomic E-state index is 0.117. The summed E-state index contributed by atoms with van der Waals surface area (Å²) in [5, 5.41) is 15.0. The third kappa shape index (κ3) is 10.5. The number of nitrogens with zero attached hydrogens (tertiary/aromatic N) is 2. The zero-order chi connectivity index (χ0) is 32.1. The van der Waals surface area contributed by atoms with Crippen LogP contribution in [0.1, 0.15) is 67.2 Å². The van der Waals surface area contributed by atoms with E-state index in [0.717, 1.165) is 41.7 Å². The Labute approximate surface area is 272 Å². The number of rotatable bonds is 15. The lowest BCUT2D eigenvalue weighted by molar-refractivity contribution is -0.133. The lowest BCUT2D eigenvalue weighted by Gasteiger charge is -2.32. The number of aryl methyl sites for hydroxylation is 1. The number of benzene rings is 3. The van der Waals surface area contributed by atoms with Crippen molar-refractivity contribution in [2.45, 2.75) is 70.4 Å². The molecule has 1 saturated carbocycles. The van der Waals surface area contributed by atoms with Crippen molar-refractivity contribution in [1.82, 2.24) is 15.5 Å². The van der Waals surface area contributed by atoms with Crippen LogP contribution in [0.3, 0.4) is 0 Å². The second kappa shape index (κ2) is 16.6. The van der Waals surface area contributed by atoms with E-state index in [1.165, 1.54) is 12.8 Å². The largest absolute Gasteiger partial charge is 0.489 e. The van der Waals surface area contributed by atoms with Crippen molar-refractivity contribution in [1.29, 1.82) is 5.26 Å². The normalized spacial score (nSPS) is 15.4. The fourth-order valence-corrected chi connectivity index (χ4v) is 5.89. The van der Waals surface area contributed by atoms with E-state index >= 15 is 0 Å². The van der Waals surface area contributed by atoms with Crippen LogP contribution in [0.4, 0.5) is 0 Å². The fraction of sp³-hybridized carbons (Fsp3) is 0.421. The number of hydrogen-bond donors (Lipinski definition) is 2. The van der Waals surface area contributed by atoms with Crippen LogP contribution >= 0.6 is 0 Å². The maximum absolute atomic E-state index is 13.2. The Balaban J connectivity index is 1.08. The van der Waals surface area contributed by atoms with E-state index in [1.54, 1.807) is 12.1 Å². The molecule has 2 fully saturated rings. The number of amides is 3. The fourth-order valence-electron chi connectivity index (χ4n) is 5.89. The number of hydrogen-bond acceptors (Lipinski definition) is 5. The summed E-state index contributed by atoms with van der Waals surface area (Å²) in [6, 6.07) is 26.5. The maximum atomic E-state index is 13.2. The van der Waals surface area contributed by atoms with Gasteiger partial charge in [-0.05, 0) is 78.5 Å². The number of piperidine rings is 1. The van der Waals surface area contributed by atoms with E-state index < -0.39 is 6.04 Å². The molecule has 5 rings (SSSR count). The first-order valence-corrected chi connectivity index (χ1v) is 16.5. The van der Waals surface area contributed by atoms with E-state index in [4.69, 9.17) is 10.00 Å². The number of likely N-dealkylation sites (tertiary alicyclic amines) is 1. The number of carbonyl (C=O) groups excluding carboxylic acids is 3. The summed E-state index contributed by atoms with van der Waals surface area (Å²) >= 11 is 0. The van der Waals surface area contributed by atoms with E-state index in [2.05, 4.69) is 16.7 Å². The molecule has 1 saturated heterocycles. The highest BCUT2D eigenvalue weighted by Crippen LogP contribution is 2.31. The molecule has 8 nitrogen and oxygen atoms in total. The summed E-state index contributed by atoms with van der Waals surface area (Å²) in [7, 11) is 0. The first kappa shape index (κ1) is 32.7. The zero-order valence-corrected chi connectivity index (χ0v) is 26.5. The molecular weight excluding hydrogens is 576 g/mol. The van der Waals surface area contributed by atoms with Gasteiger partial charge in [0.15, 0.2) is 0 Å². The summed E-state index contributed by atoms with van der Waals surface area (Å²) in [5.74, 6) is 1.47. The molecule has 1 aliphatic heterocycles. The van der Waals surface area contributed by atoms with Gasteiger partial charge in [-0.1, -0.05) is 67.4 Å². The Morgan fingerprint density at radius 3 is 2.22 bits per heavy atom. The minimum Gasteiger partial charge on any atom is -0.489 e. The van der Waals surface area contributed by atoms with Crippen molar-refractivity contribution >= 4 is 17.7 Å². The van der Waals surface area contributed by atoms with Crippen LogP contribution < -0.4 is 15.4 Å². The molecule has 0 bridgehead atoms. The summed E-state index contributed by atoms with van der Waals surface area (Å²) in [6.07, 6.45) is 6.77. The van der Waals surface area contributed by atoms with Crippen molar-refractivity contribution in [3.63, 3.8) is 0 Å². The molecule has 0 spiro atoms. The Hall–Kier alpha value is -4.64. The molecule has 240 valence electrons. The van der Waals surface area contributed by atoms with Crippen molar-refractivity contribution in [2.75, 3.05) is 19.6 Å². The summed E-state index contributed by atoms with van der Waals surface area (Å²) in [6.45, 7) is 2.37. The average molecular weight is 621 g/mol. The smallest absolute Gasteiger partial charge is 0.242 e. The molecule has 3 amide bonds. The van der Waals surface area contributed by atoms with Crippen LogP contribution in [0, 0.1) is 23.2 Å². The van der Waals surface area contributed by atoms with Gasteiger partial charge in [0.2, 0.25) is 17.7 Å². The Kier molecular flexibility index (Phi) is 11.8. The van der Waals surface area contributed by atoms with E-state index in [0.29, 0.717) is 63.4 Å². The Morgan fingerprint density at radius 1 is 0.848 bits per heavy atom. The quantitative estimate of drug-likeness (QED) is 0.238. The lowest BCUT2D eigenvalue weighted by atomic mass is 9.92. The van der Waals surface area contributed by atoms with Crippen molar-refractivity contribution < 1.29 is 19.1 Å². The molecule has 0 aromatic heterocycles. The van der Waals surface area contributed by atoms with Crippen LogP contribution in [0.15, 0.2) is 78.9 Å². The van der Waals surface area contributed by atoms with E-state index in [1.807, 2.05) is 71.6 Å². The standard InChI is InChI=1S/C38H44N4O4/c39-26-32-10-8-28(9-11-32)14-17-37(44)42-22-19-31(20-23-42)25-36(43)41-35(38(45)40-21-18-29-6-7-29)24-30-12-15-34(16-13-30)46-27-33-4-2-1-3-5-33/h1-5,8-13,15-16,29,31,35H,6-7,14,17-25,27H2,(H,40,45)(H,41,43)/t35-/m0/s1. The summed E-state index contributed by atoms with van der Waals surface area (Å²) < 4.78 is 5.91. The third-order valence-electron chi connectivity index (χ3n) is 8.96. The SMILES string of the molecule is N#Cc1ccc(CCC(=O)N2CCC(CC(=O)N[C@@H](Cc3ccc(OCc4ccccc4)cc3)C(=O)NCCC3CC3)CC2)cc1. The molecule has 8 heteroatoms. The molecule has 46 heavy (non-hydrogen) atoms. The minimum atomic E-state index is -0.660. The van der Waals surface area contributed by atoms with Gasteiger partial charge in [-0.15, -0.1) is 0 Å². The van der Waals surface area contributed by atoms with Gasteiger partial charge in [0, 0.05) is 38.9 Å². The van der Waals surface area contributed by atoms with Crippen molar-refractivity contribution in [2.24, 2.45) is 11.8 Å². The highest BCUT2D eigenvalue weighted by Gasteiger charge is 2.27. The van der Waals surface area contributed by atoms with Gasteiger partial charge in [0.05, 0.1) is 11.6 Å². The van der Waals surface area contributed by atoms with Crippen molar-refractivity contribution in [3.05, 3.63) is 101 Å². The predicted molar refractivity (Wildman–Crippen MR) is 177 cm³/mol. The van der Waals surface area contributed by atoms with Gasteiger partial charge >= 0.3 is 0 Å². The third-order valence-corrected chi connectivity index (χ3v) is 8.96. The van der Waals surface area contributed by atoms with Gasteiger partial charge in [-0.3, -0.25) is 14.4 Å². The predicted octanol–water partition coefficient (Wildman–Crippen LogP) is 5.34. The molecule has 1 heterocycles. The first-order valence-electron chi connectivity index (χ1n) is 16.5. The molecular formula is C38H44N4O4. The van der Waals surface area contributed by atoms with Gasteiger partial charge < -0.3 is 20.3 Å². The molecule has 1 aliphatic carbocycles. The second-order valence-corrected chi connectivity index (χ2v) is 12.6. The molecule has 3 aromatic rings. The highest BCUT2D eigenvalue weighted by molar-refractivity contribution is 5.88. The zero-order valence-electron chi connectivity index (χ0n) is 26.5. The van der Waals surface area contributed by atoms with Crippen LogP contribution in [0.2, 0.25) is 0 Å². The van der Waals surface area contributed by atoms with Crippen LogP contribution in [0.25, 0.3) is 0 Å². The molecule has 1 atom stereocenters. The molecule has 0 radical (unpaired) electrons. The van der Waals surface area contributed by atoms with Gasteiger partial charge in [-0.25, -0.2) is 0 Å². The molecule has 2 N–H and O–H groups in total. The van der Waals surface area contributed by atoms with Gasteiger partial charge in [-0.2, -0.15) is 5.26 Å². The maximum Gasteiger partial charge on any atom is 0.242 e. The van der Waals surface area contributed by atoms with Crippen molar-refractivity contribution in [3.8, 4) is 11.8 Å². The van der Waals surface area contributed by atoms with Gasteiger partial charge in [0.25, 0.3) is 0 Å². The van der Waals surface area contributed by atoms with Crippen LogP contribution in [0.5, 0.6) is 5.75 Å².